The molecule has 0 saturated heterocycles. The fourth-order valence-electron chi connectivity index (χ4n) is 3.49. The standard InChI is InChI=1S/C23H28Cl2N4O3S/c1-28(16-17-9-11-18(12-10-17)23-26-13-14-27-23)21(30)8-3-4-15-29(2)33(31,32)20-7-5-6-19(24)22(20)25/h5-7,9-12H,3-4,8,13-16H2,1-2H3,(H,26,27). The van der Waals surface area contributed by atoms with Crippen LogP contribution in [-0.4, -0.2) is 63.1 Å². The molecule has 1 heterocycles. The van der Waals surface area contributed by atoms with Gasteiger partial charge < -0.3 is 10.2 Å². The summed E-state index contributed by atoms with van der Waals surface area (Å²) in [6, 6.07) is 12.5. The molecule has 1 amide bonds. The van der Waals surface area contributed by atoms with Crippen molar-refractivity contribution in [3.63, 3.8) is 0 Å². The van der Waals surface area contributed by atoms with Gasteiger partial charge in [0, 0.05) is 45.7 Å². The Labute approximate surface area is 205 Å². The smallest absolute Gasteiger partial charge is 0.244 e. The number of sulfonamides is 1. The van der Waals surface area contributed by atoms with Gasteiger partial charge in [-0.25, -0.2) is 12.7 Å². The molecule has 10 heteroatoms. The van der Waals surface area contributed by atoms with Crippen LogP contribution in [0.4, 0.5) is 0 Å². The average molecular weight is 511 g/mol. The summed E-state index contributed by atoms with van der Waals surface area (Å²) in [6.45, 7) is 2.46. The van der Waals surface area contributed by atoms with Crippen LogP contribution >= 0.6 is 23.2 Å². The Bertz CT molecular complexity index is 1120. The first-order chi connectivity index (χ1) is 15.7. The van der Waals surface area contributed by atoms with Crippen LogP contribution in [0.3, 0.4) is 0 Å². The number of carbonyl (C=O) groups is 1. The molecule has 0 aliphatic carbocycles. The van der Waals surface area contributed by atoms with E-state index in [4.69, 9.17) is 23.2 Å². The number of rotatable bonds is 10. The number of amidine groups is 1. The van der Waals surface area contributed by atoms with Gasteiger partial charge in [-0.1, -0.05) is 53.5 Å². The van der Waals surface area contributed by atoms with E-state index in [1.807, 2.05) is 24.3 Å². The highest BCUT2D eigenvalue weighted by molar-refractivity contribution is 7.89. The molecule has 0 unspecified atom stereocenters. The highest BCUT2D eigenvalue weighted by Gasteiger charge is 2.24. The van der Waals surface area contributed by atoms with E-state index in [2.05, 4.69) is 10.3 Å². The summed E-state index contributed by atoms with van der Waals surface area (Å²) < 4.78 is 26.7. The van der Waals surface area contributed by atoms with E-state index in [1.54, 1.807) is 24.1 Å². The van der Waals surface area contributed by atoms with Crippen molar-refractivity contribution >= 4 is 45.0 Å². The third kappa shape index (κ3) is 6.47. The van der Waals surface area contributed by atoms with Gasteiger partial charge in [-0.2, -0.15) is 0 Å². The predicted octanol–water partition coefficient (Wildman–Crippen LogP) is 3.79. The van der Waals surface area contributed by atoms with Crippen LogP contribution in [0.15, 0.2) is 52.4 Å². The van der Waals surface area contributed by atoms with Crippen LogP contribution in [-0.2, 0) is 21.4 Å². The number of unbranched alkanes of at least 4 members (excludes halogenated alkanes) is 1. The predicted molar refractivity (Wildman–Crippen MR) is 132 cm³/mol. The molecule has 178 valence electrons. The molecule has 0 radical (unpaired) electrons. The van der Waals surface area contributed by atoms with Gasteiger partial charge in [-0.3, -0.25) is 9.79 Å². The fraction of sp³-hybridized carbons (Fsp3) is 0.391. The number of aliphatic imine (C=N–C) groups is 1. The number of benzene rings is 2. The number of hydrogen-bond acceptors (Lipinski definition) is 5. The molecule has 1 aliphatic heterocycles. The third-order valence-electron chi connectivity index (χ3n) is 5.47. The maximum Gasteiger partial charge on any atom is 0.244 e. The number of hydrogen-bond donors (Lipinski definition) is 1. The van der Waals surface area contributed by atoms with Crippen LogP contribution in [0, 0.1) is 0 Å². The molecular weight excluding hydrogens is 483 g/mol. The van der Waals surface area contributed by atoms with Crippen LogP contribution in [0.1, 0.15) is 30.4 Å². The van der Waals surface area contributed by atoms with Crippen molar-refractivity contribution < 1.29 is 13.2 Å². The Morgan fingerprint density at radius 1 is 1.09 bits per heavy atom. The van der Waals surface area contributed by atoms with E-state index in [-0.39, 0.29) is 27.4 Å². The van der Waals surface area contributed by atoms with E-state index in [1.165, 1.54) is 17.4 Å². The van der Waals surface area contributed by atoms with Gasteiger partial charge in [-0.05, 0) is 30.5 Å². The molecule has 7 nitrogen and oxygen atoms in total. The molecule has 3 rings (SSSR count). The molecule has 0 atom stereocenters. The molecule has 2 aromatic rings. The highest BCUT2D eigenvalue weighted by atomic mass is 35.5. The van der Waals surface area contributed by atoms with Crippen molar-refractivity contribution in [1.82, 2.24) is 14.5 Å². The van der Waals surface area contributed by atoms with Gasteiger partial charge in [0.05, 0.1) is 16.6 Å². The Hall–Kier alpha value is -2.13. The summed E-state index contributed by atoms with van der Waals surface area (Å²) in [7, 11) is -0.480. The number of nitrogens with zero attached hydrogens (tertiary/aromatic N) is 3. The largest absolute Gasteiger partial charge is 0.368 e. The molecule has 0 bridgehead atoms. The van der Waals surface area contributed by atoms with Gasteiger partial charge >= 0.3 is 0 Å². The molecule has 1 aliphatic rings. The van der Waals surface area contributed by atoms with Crippen molar-refractivity contribution in [2.24, 2.45) is 4.99 Å². The van der Waals surface area contributed by atoms with Gasteiger partial charge in [0.25, 0.3) is 0 Å². The zero-order valence-corrected chi connectivity index (χ0v) is 21.1. The topological polar surface area (TPSA) is 82.1 Å². The van der Waals surface area contributed by atoms with Crippen molar-refractivity contribution in [2.45, 2.75) is 30.7 Å². The molecule has 33 heavy (non-hydrogen) atoms. The average Bonchev–Trinajstić information content (AvgIpc) is 3.33. The van der Waals surface area contributed by atoms with Crippen molar-refractivity contribution in [2.75, 3.05) is 33.7 Å². The number of amides is 1. The van der Waals surface area contributed by atoms with Crippen molar-refractivity contribution in [3.05, 3.63) is 63.6 Å². The second-order valence-corrected chi connectivity index (χ2v) is 10.7. The van der Waals surface area contributed by atoms with Crippen LogP contribution in [0.25, 0.3) is 0 Å². The summed E-state index contributed by atoms with van der Waals surface area (Å²) in [5, 5.41) is 3.45. The lowest BCUT2D eigenvalue weighted by Gasteiger charge is -2.19. The first-order valence-corrected chi connectivity index (χ1v) is 12.9. The molecular formula is C23H28Cl2N4O3S. The second-order valence-electron chi connectivity index (χ2n) is 7.94. The maximum absolute atomic E-state index is 12.7. The SMILES string of the molecule is CN(Cc1ccc(C2=NCCN2)cc1)C(=O)CCCCN(C)S(=O)(=O)c1cccc(Cl)c1Cl. The highest BCUT2D eigenvalue weighted by Crippen LogP contribution is 2.30. The Morgan fingerprint density at radius 3 is 2.48 bits per heavy atom. The Kier molecular flexibility index (Phi) is 8.75. The summed E-state index contributed by atoms with van der Waals surface area (Å²) in [5.41, 5.74) is 2.08. The van der Waals surface area contributed by atoms with Crippen LogP contribution < -0.4 is 5.32 Å². The summed E-state index contributed by atoms with van der Waals surface area (Å²) >= 11 is 12.0. The number of halogens is 2. The molecule has 0 spiro atoms. The summed E-state index contributed by atoms with van der Waals surface area (Å²) in [6.07, 6.45) is 1.48. The molecule has 2 aromatic carbocycles. The summed E-state index contributed by atoms with van der Waals surface area (Å²) in [5.74, 6) is 0.930. The van der Waals surface area contributed by atoms with Crippen LogP contribution in [0.5, 0.6) is 0 Å². The molecule has 1 N–H and O–H groups in total. The van der Waals surface area contributed by atoms with Gasteiger partial charge in [-0.15, -0.1) is 0 Å². The first kappa shape index (κ1) is 25.5. The zero-order valence-electron chi connectivity index (χ0n) is 18.7. The minimum absolute atomic E-state index is 0.0169. The number of carbonyl (C=O) groups excluding carboxylic acids is 1. The van der Waals surface area contributed by atoms with Crippen molar-refractivity contribution in [1.29, 1.82) is 0 Å². The fourth-order valence-corrected chi connectivity index (χ4v) is 5.44. The van der Waals surface area contributed by atoms with E-state index in [0.717, 1.165) is 30.1 Å². The maximum atomic E-state index is 12.7. The van der Waals surface area contributed by atoms with Gasteiger partial charge in [0.2, 0.25) is 15.9 Å². The Balaban J connectivity index is 1.44. The molecule has 0 saturated carbocycles. The third-order valence-corrected chi connectivity index (χ3v) is 8.30. The Morgan fingerprint density at radius 2 is 1.82 bits per heavy atom. The quantitative estimate of drug-likeness (QED) is 0.492. The lowest BCUT2D eigenvalue weighted by molar-refractivity contribution is -0.130. The molecule has 0 aromatic heterocycles. The monoisotopic (exact) mass is 510 g/mol. The number of nitrogens with one attached hydrogen (secondary N) is 1. The summed E-state index contributed by atoms with van der Waals surface area (Å²) in [4.78, 5) is 18.6. The van der Waals surface area contributed by atoms with Gasteiger partial charge in [0.1, 0.15) is 10.7 Å². The minimum Gasteiger partial charge on any atom is -0.368 e. The van der Waals surface area contributed by atoms with E-state index >= 15 is 0 Å². The van der Waals surface area contributed by atoms with Crippen LogP contribution in [0.2, 0.25) is 10.0 Å². The lowest BCUT2D eigenvalue weighted by Crippen LogP contribution is -2.29. The van der Waals surface area contributed by atoms with E-state index in [9.17, 15) is 13.2 Å². The van der Waals surface area contributed by atoms with Crippen molar-refractivity contribution in [3.8, 4) is 0 Å². The minimum atomic E-state index is -3.75. The first-order valence-electron chi connectivity index (χ1n) is 10.7. The lowest BCUT2D eigenvalue weighted by atomic mass is 10.1. The zero-order chi connectivity index (χ0) is 24.0. The van der Waals surface area contributed by atoms with Gasteiger partial charge in [0.15, 0.2) is 0 Å². The second kappa shape index (κ2) is 11.3. The molecule has 0 fully saturated rings. The normalized spacial score (nSPS) is 13.7. The van der Waals surface area contributed by atoms with E-state index < -0.39 is 10.0 Å². The van der Waals surface area contributed by atoms with E-state index in [0.29, 0.717) is 25.8 Å².